The first-order valence-electron chi connectivity index (χ1n) is 6.55. The Morgan fingerprint density at radius 1 is 1.39 bits per heavy atom. The molecule has 2 bridgehead atoms. The zero-order valence-electron chi connectivity index (χ0n) is 10.7. The van der Waals surface area contributed by atoms with Gasteiger partial charge in [-0.25, -0.2) is 0 Å². The third-order valence-electron chi connectivity index (χ3n) is 4.41. The maximum absolute atomic E-state index is 9.41. The predicted molar refractivity (Wildman–Crippen MR) is 69.1 cm³/mol. The van der Waals surface area contributed by atoms with Crippen molar-refractivity contribution in [2.45, 2.75) is 31.3 Å². The van der Waals surface area contributed by atoms with Crippen LogP contribution in [0.25, 0.3) is 0 Å². The number of benzene rings is 1. The highest BCUT2D eigenvalue weighted by molar-refractivity contribution is 5.28. The lowest BCUT2D eigenvalue weighted by Gasteiger charge is -2.55. The fourth-order valence-electron chi connectivity index (χ4n) is 3.25. The Kier molecular flexibility index (Phi) is 2.76. The highest BCUT2D eigenvalue weighted by Crippen LogP contribution is 2.48. The normalized spacial score (nSPS) is 30.3. The molecule has 2 aliphatic heterocycles. The molecule has 2 heterocycles. The van der Waals surface area contributed by atoms with Gasteiger partial charge in [-0.05, 0) is 42.9 Å². The number of fused-ring (bicyclic) bond motifs is 2. The molecule has 3 fully saturated rings. The zero-order valence-corrected chi connectivity index (χ0v) is 10.7. The summed E-state index contributed by atoms with van der Waals surface area (Å²) < 4.78 is 5.16. The average Bonchev–Trinajstić information content (AvgIpc) is 2.39. The summed E-state index contributed by atoms with van der Waals surface area (Å²) in [7, 11) is 1.68. The first-order valence-corrected chi connectivity index (χ1v) is 6.55. The van der Waals surface area contributed by atoms with Gasteiger partial charge in [-0.15, -0.1) is 0 Å². The third-order valence-corrected chi connectivity index (χ3v) is 4.41. The van der Waals surface area contributed by atoms with Gasteiger partial charge in [-0.2, -0.15) is 5.26 Å². The van der Waals surface area contributed by atoms with Gasteiger partial charge in [-0.3, -0.25) is 4.90 Å². The fourth-order valence-corrected chi connectivity index (χ4v) is 3.25. The van der Waals surface area contributed by atoms with Crippen molar-refractivity contribution in [2.24, 2.45) is 5.92 Å². The minimum Gasteiger partial charge on any atom is -0.497 e. The molecule has 1 aromatic carbocycles. The number of methoxy groups -OCH3 is 1. The van der Waals surface area contributed by atoms with Gasteiger partial charge in [0.15, 0.2) is 0 Å². The Hall–Kier alpha value is -1.53. The van der Waals surface area contributed by atoms with E-state index in [0.717, 1.165) is 37.6 Å². The fraction of sp³-hybridized carbons (Fsp3) is 0.533. The molecule has 0 atom stereocenters. The zero-order chi connectivity index (χ0) is 12.6. The van der Waals surface area contributed by atoms with E-state index in [-0.39, 0.29) is 5.54 Å². The third kappa shape index (κ3) is 1.77. The molecule has 1 aliphatic carbocycles. The molecule has 0 aromatic heterocycles. The molecular formula is C15H18N2O. The molecule has 0 N–H and O–H groups in total. The molecule has 4 rings (SSSR count). The van der Waals surface area contributed by atoms with E-state index < -0.39 is 0 Å². The van der Waals surface area contributed by atoms with Crippen molar-refractivity contribution in [1.82, 2.24) is 4.90 Å². The lowest BCUT2D eigenvalue weighted by molar-refractivity contribution is -0.0431. The van der Waals surface area contributed by atoms with Crippen LogP contribution in [0.2, 0.25) is 0 Å². The van der Waals surface area contributed by atoms with Gasteiger partial charge in [0.05, 0.1) is 13.2 Å². The summed E-state index contributed by atoms with van der Waals surface area (Å²) in [4.78, 5) is 2.36. The van der Waals surface area contributed by atoms with Gasteiger partial charge in [0.1, 0.15) is 11.3 Å². The van der Waals surface area contributed by atoms with Crippen LogP contribution in [0.3, 0.4) is 0 Å². The Morgan fingerprint density at radius 2 is 2.11 bits per heavy atom. The second kappa shape index (κ2) is 4.29. The van der Waals surface area contributed by atoms with E-state index in [0.29, 0.717) is 0 Å². The summed E-state index contributed by atoms with van der Waals surface area (Å²) in [6, 6.07) is 10.7. The van der Waals surface area contributed by atoms with Crippen LogP contribution in [-0.4, -0.2) is 24.1 Å². The van der Waals surface area contributed by atoms with E-state index in [1.807, 2.05) is 12.1 Å². The first kappa shape index (κ1) is 11.6. The molecule has 18 heavy (non-hydrogen) atoms. The summed E-state index contributed by atoms with van der Waals surface area (Å²) in [5, 5.41) is 9.41. The molecule has 94 valence electrons. The van der Waals surface area contributed by atoms with E-state index in [4.69, 9.17) is 4.74 Å². The monoisotopic (exact) mass is 242 g/mol. The second-order valence-corrected chi connectivity index (χ2v) is 5.48. The molecule has 0 spiro atoms. The minimum atomic E-state index is -0.164. The van der Waals surface area contributed by atoms with Gasteiger partial charge in [0.25, 0.3) is 0 Å². The van der Waals surface area contributed by atoms with Crippen LogP contribution in [0, 0.1) is 17.2 Å². The summed E-state index contributed by atoms with van der Waals surface area (Å²) in [6.07, 6.45) is 3.39. The SMILES string of the molecule is COc1ccc(CN2CCC3CC2(C#N)C3)cc1. The van der Waals surface area contributed by atoms with Crippen molar-refractivity contribution < 1.29 is 4.74 Å². The van der Waals surface area contributed by atoms with E-state index >= 15 is 0 Å². The smallest absolute Gasteiger partial charge is 0.118 e. The molecule has 0 unspecified atom stereocenters. The molecule has 3 heteroatoms. The summed E-state index contributed by atoms with van der Waals surface area (Å²) in [5.74, 6) is 1.69. The van der Waals surface area contributed by atoms with Crippen molar-refractivity contribution in [3.05, 3.63) is 29.8 Å². The topological polar surface area (TPSA) is 36.3 Å². The van der Waals surface area contributed by atoms with Crippen molar-refractivity contribution in [1.29, 1.82) is 5.26 Å². The van der Waals surface area contributed by atoms with Gasteiger partial charge < -0.3 is 4.74 Å². The Labute approximate surface area is 108 Å². The minimum absolute atomic E-state index is 0.164. The molecule has 2 saturated heterocycles. The molecule has 1 aromatic rings. The van der Waals surface area contributed by atoms with Crippen LogP contribution in [0.15, 0.2) is 24.3 Å². The van der Waals surface area contributed by atoms with Crippen LogP contribution < -0.4 is 4.74 Å². The molecule has 0 amide bonds. The number of rotatable bonds is 3. The Balaban J connectivity index is 1.73. The number of ether oxygens (including phenoxy) is 1. The number of nitriles is 1. The van der Waals surface area contributed by atoms with Gasteiger partial charge in [0.2, 0.25) is 0 Å². The van der Waals surface area contributed by atoms with Gasteiger partial charge >= 0.3 is 0 Å². The Morgan fingerprint density at radius 3 is 2.72 bits per heavy atom. The van der Waals surface area contributed by atoms with Crippen LogP contribution in [-0.2, 0) is 6.54 Å². The van der Waals surface area contributed by atoms with Crippen LogP contribution >= 0.6 is 0 Å². The van der Waals surface area contributed by atoms with E-state index in [1.54, 1.807) is 7.11 Å². The average molecular weight is 242 g/mol. The lowest BCUT2D eigenvalue weighted by Crippen LogP contribution is -2.61. The van der Waals surface area contributed by atoms with Crippen LogP contribution in [0.1, 0.15) is 24.8 Å². The molecule has 1 saturated carbocycles. The molecule has 3 aliphatic rings. The first-order chi connectivity index (χ1) is 8.75. The number of nitrogens with zero attached hydrogens (tertiary/aromatic N) is 2. The second-order valence-electron chi connectivity index (χ2n) is 5.48. The van der Waals surface area contributed by atoms with E-state index in [1.165, 1.54) is 12.0 Å². The highest BCUT2D eigenvalue weighted by atomic mass is 16.5. The quantitative estimate of drug-likeness (QED) is 0.817. The predicted octanol–water partition coefficient (Wildman–Crippen LogP) is 2.57. The number of piperidine rings is 2. The van der Waals surface area contributed by atoms with Crippen LogP contribution in [0.5, 0.6) is 5.75 Å². The van der Waals surface area contributed by atoms with Gasteiger partial charge in [0, 0.05) is 13.1 Å². The van der Waals surface area contributed by atoms with Gasteiger partial charge in [-0.1, -0.05) is 12.1 Å². The number of hydrogen-bond acceptors (Lipinski definition) is 3. The Bertz CT molecular complexity index is 468. The summed E-state index contributed by atoms with van der Waals surface area (Å²) >= 11 is 0. The molecular weight excluding hydrogens is 224 g/mol. The highest BCUT2D eigenvalue weighted by Gasteiger charge is 2.52. The maximum Gasteiger partial charge on any atom is 0.118 e. The molecule has 3 nitrogen and oxygen atoms in total. The lowest BCUT2D eigenvalue weighted by atomic mass is 9.63. The van der Waals surface area contributed by atoms with Crippen molar-refractivity contribution in [2.75, 3.05) is 13.7 Å². The summed E-state index contributed by atoms with van der Waals surface area (Å²) in [5.41, 5.74) is 1.10. The summed E-state index contributed by atoms with van der Waals surface area (Å²) in [6.45, 7) is 1.94. The number of hydrogen-bond donors (Lipinski definition) is 0. The van der Waals surface area contributed by atoms with E-state index in [9.17, 15) is 5.26 Å². The maximum atomic E-state index is 9.41. The van der Waals surface area contributed by atoms with Crippen molar-refractivity contribution in [3.8, 4) is 11.8 Å². The molecule has 0 radical (unpaired) electrons. The van der Waals surface area contributed by atoms with Crippen molar-refractivity contribution in [3.63, 3.8) is 0 Å². The largest absolute Gasteiger partial charge is 0.497 e. The van der Waals surface area contributed by atoms with E-state index in [2.05, 4.69) is 23.1 Å². The van der Waals surface area contributed by atoms with Crippen LogP contribution in [0.4, 0.5) is 0 Å². The standard InChI is InChI=1S/C15H18N2O/c1-18-14-4-2-12(3-5-14)10-17-7-6-13-8-15(17,9-13)11-16/h2-5,13H,6-10H2,1H3. The van der Waals surface area contributed by atoms with Crippen molar-refractivity contribution >= 4 is 0 Å².